The fourth-order valence-electron chi connectivity index (χ4n) is 3.56. The fraction of sp³-hybridized carbons (Fsp3) is 0.318. The topological polar surface area (TPSA) is 63.7 Å². The van der Waals surface area contributed by atoms with E-state index in [1.165, 1.54) is 4.90 Å². The van der Waals surface area contributed by atoms with Crippen molar-refractivity contribution in [1.29, 1.82) is 0 Å². The van der Waals surface area contributed by atoms with Crippen LogP contribution in [0.15, 0.2) is 42.5 Å². The van der Waals surface area contributed by atoms with Crippen LogP contribution in [0.4, 0.5) is 5.69 Å². The summed E-state index contributed by atoms with van der Waals surface area (Å²) >= 11 is 0. The Morgan fingerprint density at radius 3 is 2.30 bits per heavy atom. The van der Waals surface area contributed by atoms with E-state index >= 15 is 0 Å². The number of ether oxygens (including phenoxy) is 1. The molecule has 1 unspecified atom stereocenters. The number of amides is 2. The van der Waals surface area contributed by atoms with Gasteiger partial charge in [0.05, 0.1) is 23.8 Å². The third-order valence-electron chi connectivity index (χ3n) is 4.64. The number of carbonyl (C=O) groups excluding carboxylic acids is 3. The van der Waals surface area contributed by atoms with Crippen molar-refractivity contribution in [1.82, 2.24) is 0 Å². The average molecular weight is 365 g/mol. The van der Waals surface area contributed by atoms with Gasteiger partial charge in [-0.2, -0.15) is 0 Å². The smallest absolute Gasteiger partial charge is 0.338 e. The molecule has 2 aromatic rings. The van der Waals surface area contributed by atoms with Gasteiger partial charge in [-0.15, -0.1) is 0 Å². The molecule has 1 atom stereocenters. The molecule has 0 spiro atoms. The lowest BCUT2D eigenvalue weighted by atomic mass is 9.95. The molecule has 2 aromatic carbocycles. The molecule has 5 heteroatoms. The van der Waals surface area contributed by atoms with Crippen molar-refractivity contribution in [3.63, 3.8) is 0 Å². The van der Waals surface area contributed by atoms with Gasteiger partial charge in [-0.25, -0.2) is 4.79 Å². The van der Waals surface area contributed by atoms with Gasteiger partial charge >= 0.3 is 5.97 Å². The Hall–Kier alpha value is -2.95. The summed E-state index contributed by atoms with van der Waals surface area (Å²) in [5.74, 6) is -1.18. The molecule has 1 fully saturated rings. The first-order valence-corrected chi connectivity index (χ1v) is 9.10. The maximum absolute atomic E-state index is 12.8. The van der Waals surface area contributed by atoms with E-state index in [1.807, 2.05) is 13.8 Å². The van der Waals surface area contributed by atoms with E-state index in [4.69, 9.17) is 4.74 Å². The molecule has 0 N–H and O–H groups in total. The van der Waals surface area contributed by atoms with Crippen LogP contribution in [-0.2, 0) is 20.7 Å². The second-order valence-electron chi connectivity index (χ2n) is 6.94. The highest BCUT2D eigenvalue weighted by molar-refractivity contribution is 6.21. The standard InChI is InChI=1S/C22H23NO4/c1-4-27-22(26)17-5-7-19(8-6-17)23-20(24)13-18(21(23)25)12-16-10-14(2)9-15(3)11-16/h5-11,18H,4,12-13H2,1-3H3. The van der Waals surface area contributed by atoms with Gasteiger partial charge in [-0.3, -0.25) is 14.5 Å². The highest BCUT2D eigenvalue weighted by Crippen LogP contribution is 2.29. The first kappa shape index (κ1) is 18.8. The van der Waals surface area contributed by atoms with Crippen molar-refractivity contribution in [2.45, 2.75) is 33.6 Å². The largest absolute Gasteiger partial charge is 0.462 e. The minimum Gasteiger partial charge on any atom is -0.462 e. The predicted molar refractivity (Wildman–Crippen MR) is 103 cm³/mol. The molecule has 0 bridgehead atoms. The Kier molecular flexibility index (Phi) is 5.40. The monoisotopic (exact) mass is 365 g/mol. The molecule has 27 heavy (non-hydrogen) atoms. The number of esters is 1. The van der Waals surface area contributed by atoms with Crippen LogP contribution < -0.4 is 4.90 Å². The number of aryl methyl sites for hydroxylation is 2. The van der Waals surface area contributed by atoms with Crippen LogP contribution in [-0.4, -0.2) is 24.4 Å². The highest BCUT2D eigenvalue weighted by Gasteiger charge is 2.39. The second-order valence-corrected chi connectivity index (χ2v) is 6.94. The molecule has 0 aromatic heterocycles. The van der Waals surface area contributed by atoms with Gasteiger partial charge in [0.25, 0.3) is 0 Å². The van der Waals surface area contributed by atoms with Gasteiger partial charge in [0, 0.05) is 6.42 Å². The lowest BCUT2D eigenvalue weighted by Crippen LogP contribution is -2.30. The summed E-state index contributed by atoms with van der Waals surface area (Å²) in [5, 5.41) is 0. The molecule has 0 saturated carbocycles. The average Bonchev–Trinajstić information content (AvgIpc) is 2.88. The second kappa shape index (κ2) is 7.74. The normalized spacial score (nSPS) is 16.7. The number of imide groups is 1. The molecule has 1 heterocycles. The summed E-state index contributed by atoms with van der Waals surface area (Å²) in [6.45, 7) is 6.08. The number of rotatable bonds is 5. The van der Waals surface area contributed by atoms with E-state index in [-0.39, 0.29) is 24.2 Å². The summed E-state index contributed by atoms with van der Waals surface area (Å²) in [4.78, 5) is 38.3. The summed E-state index contributed by atoms with van der Waals surface area (Å²) in [5.41, 5.74) is 4.24. The number of benzene rings is 2. The number of hydrogen-bond acceptors (Lipinski definition) is 4. The van der Waals surface area contributed by atoms with Crippen molar-refractivity contribution < 1.29 is 19.1 Å². The third kappa shape index (κ3) is 4.08. The van der Waals surface area contributed by atoms with E-state index in [0.29, 0.717) is 24.3 Å². The van der Waals surface area contributed by atoms with Crippen LogP contribution in [0.2, 0.25) is 0 Å². The first-order chi connectivity index (χ1) is 12.9. The van der Waals surface area contributed by atoms with Crippen molar-refractivity contribution in [2.75, 3.05) is 11.5 Å². The number of hydrogen-bond donors (Lipinski definition) is 0. The lowest BCUT2D eigenvalue weighted by molar-refractivity contribution is -0.122. The molecule has 0 aliphatic carbocycles. The first-order valence-electron chi connectivity index (χ1n) is 9.10. The zero-order chi connectivity index (χ0) is 19.6. The number of nitrogens with zero attached hydrogens (tertiary/aromatic N) is 1. The van der Waals surface area contributed by atoms with Gasteiger partial charge in [-0.05, 0) is 57.0 Å². The van der Waals surface area contributed by atoms with Crippen LogP contribution in [0.1, 0.15) is 40.4 Å². The molecule has 1 aliphatic rings. The molecule has 140 valence electrons. The molecule has 2 amide bonds. The third-order valence-corrected chi connectivity index (χ3v) is 4.64. The summed E-state index contributed by atoms with van der Waals surface area (Å²) < 4.78 is 4.95. The quantitative estimate of drug-likeness (QED) is 0.600. The zero-order valence-electron chi connectivity index (χ0n) is 15.8. The van der Waals surface area contributed by atoms with Crippen molar-refractivity contribution in [3.8, 4) is 0 Å². The maximum atomic E-state index is 12.8. The summed E-state index contributed by atoms with van der Waals surface area (Å²) in [6, 6.07) is 12.6. The van der Waals surface area contributed by atoms with Gasteiger partial charge in [0.15, 0.2) is 0 Å². The van der Waals surface area contributed by atoms with Crippen LogP contribution >= 0.6 is 0 Å². The highest BCUT2D eigenvalue weighted by atomic mass is 16.5. The van der Waals surface area contributed by atoms with Gasteiger partial charge in [0.1, 0.15) is 0 Å². The van der Waals surface area contributed by atoms with Crippen LogP contribution in [0.25, 0.3) is 0 Å². The molecular formula is C22H23NO4. The molecule has 1 aliphatic heterocycles. The van der Waals surface area contributed by atoms with Gasteiger partial charge in [-0.1, -0.05) is 29.3 Å². The van der Waals surface area contributed by atoms with E-state index in [2.05, 4.69) is 18.2 Å². The molecule has 1 saturated heterocycles. The van der Waals surface area contributed by atoms with E-state index in [9.17, 15) is 14.4 Å². The van der Waals surface area contributed by atoms with E-state index < -0.39 is 5.97 Å². The number of carbonyl (C=O) groups is 3. The Morgan fingerprint density at radius 1 is 1.07 bits per heavy atom. The van der Waals surface area contributed by atoms with E-state index in [0.717, 1.165) is 16.7 Å². The van der Waals surface area contributed by atoms with Crippen LogP contribution in [0.3, 0.4) is 0 Å². The van der Waals surface area contributed by atoms with Gasteiger partial charge < -0.3 is 4.74 Å². The van der Waals surface area contributed by atoms with Crippen molar-refractivity contribution in [2.24, 2.45) is 5.92 Å². The predicted octanol–water partition coefficient (Wildman–Crippen LogP) is 3.60. The minimum absolute atomic E-state index is 0.192. The van der Waals surface area contributed by atoms with E-state index in [1.54, 1.807) is 31.2 Å². The molecule has 0 radical (unpaired) electrons. The van der Waals surface area contributed by atoms with Gasteiger partial charge in [0.2, 0.25) is 11.8 Å². The molecule has 3 rings (SSSR count). The fourth-order valence-corrected chi connectivity index (χ4v) is 3.56. The maximum Gasteiger partial charge on any atom is 0.338 e. The SMILES string of the molecule is CCOC(=O)c1ccc(N2C(=O)CC(Cc3cc(C)cc(C)c3)C2=O)cc1. The minimum atomic E-state index is -0.421. The Balaban J connectivity index is 1.76. The van der Waals surface area contributed by atoms with Crippen molar-refractivity contribution in [3.05, 3.63) is 64.7 Å². The zero-order valence-corrected chi connectivity index (χ0v) is 15.8. The van der Waals surface area contributed by atoms with Crippen LogP contribution in [0, 0.1) is 19.8 Å². The van der Waals surface area contributed by atoms with Crippen molar-refractivity contribution >= 4 is 23.5 Å². The lowest BCUT2D eigenvalue weighted by Gasteiger charge is -2.16. The molecular weight excluding hydrogens is 342 g/mol. The Labute approximate surface area is 158 Å². The van der Waals surface area contributed by atoms with Crippen LogP contribution in [0.5, 0.6) is 0 Å². The molecule has 5 nitrogen and oxygen atoms in total. The summed E-state index contributed by atoms with van der Waals surface area (Å²) in [7, 11) is 0. The summed E-state index contributed by atoms with van der Waals surface area (Å²) in [6.07, 6.45) is 0.746. The number of anilines is 1. The Morgan fingerprint density at radius 2 is 1.70 bits per heavy atom. The Bertz CT molecular complexity index is 865.